The van der Waals surface area contributed by atoms with Crippen LogP contribution in [0.1, 0.15) is 26.7 Å². The van der Waals surface area contributed by atoms with E-state index in [1.807, 2.05) is 4.90 Å². The number of rotatable bonds is 6. The highest BCUT2D eigenvalue weighted by atomic mass is 16.5. The molecule has 22 heavy (non-hydrogen) atoms. The molecule has 1 N–H and O–H groups in total. The number of carbonyl (C=O) groups is 1. The Labute approximate surface area is 134 Å². The third-order valence-electron chi connectivity index (χ3n) is 4.71. The van der Waals surface area contributed by atoms with Crippen molar-refractivity contribution in [1.29, 1.82) is 0 Å². The van der Waals surface area contributed by atoms with Crippen LogP contribution in [0, 0.1) is 0 Å². The van der Waals surface area contributed by atoms with Gasteiger partial charge in [0.15, 0.2) is 0 Å². The van der Waals surface area contributed by atoms with Gasteiger partial charge in [-0.1, -0.05) is 0 Å². The van der Waals surface area contributed by atoms with E-state index in [0.29, 0.717) is 0 Å². The van der Waals surface area contributed by atoms with E-state index in [1.54, 1.807) is 7.11 Å². The lowest BCUT2D eigenvalue weighted by Gasteiger charge is -2.42. The van der Waals surface area contributed by atoms with Crippen LogP contribution in [0.15, 0.2) is 0 Å². The maximum Gasteiger partial charge on any atom is 0.254 e. The zero-order chi connectivity index (χ0) is 16.0. The van der Waals surface area contributed by atoms with E-state index in [1.165, 1.54) is 0 Å². The lowest BCUT2D eigenvalue weighted by atomic mass is 9.90. The summed E-state index contributed by atoms with van der Waals surface area (Å²) < 4.78 is 11.2. The normalized spacial score (nSPS) is 23.0. The zero-order valence-electron chi connectivity index (χ0n) is 14.3. The highest BCUT2D eigenvalue weighted by molar-refractivity contribution is 5.85. The molecule has 2 aliphatic heterocycles. The second-order valence-corrected chi connectivity index (χ2v) is 6.50. The van der Waals surface area contributed by atoms with Gasteiger partial charge in [0.1, 0.15) is 5.60 Å². The average Bonchev–Trinajstić information content (AvgIpc) is 2.55. The molecule has 0 unspecified atom stereocenters. The summed E-state index contributed by atoms with van der Waals surface area (Å²) in [5.74, 6) is 0.176. The summed E-state index contributed by atoms with van der Waals surface area (Å²) in [6, 6.07) is 0. The molecule has 2 rings (SSSR count). The molecule has 0 spiro atoms. The Kier molecular flexibility index (Phi) is 6.62. The van der Waals surface area contributed by atoms with E-state index < -0.39 is 5.60 Å². The molecule has 2 aliphatic rings. The summed E-state index contributed by atoms with van der Waals surface area (Å²) in [5, 5.41) is 3.30. The highest BCUT2D eigenvalue weighted by Crippen LogP contribution is 2.25. The summed E-state index contributed by atoms with van der Waals surface area (Å²) in [7, 11) is 1.67. The van der Waals surface area contributed by atoms with Crippen molar-refractivity contribution >= 4 is 5.91 Å². The summed E-state index contributed by atoms with van der Waals surface area (Å²) in [6.45, 7) is 10.9. The Morgan fingerprint density at radius 1 is 1.18 bits per heavy atom. The Morgan fingerprint density at radius 2 is 1.82 bits per heavy atom. The van der Waals surface area contributed by atoms with Crippen molar-refractivity contribution in [2.24, 2.45) is 0 Å². The van der Waals surface area contributed by atoms with Crippen LogP contribution in [0.3, 0.4) is 0 Å². The molecule has 6 heteroatoms. The number of piperidine rings is 1. The Bertz CT molecular complexity index is 349. The van der Waals surface area contributed by atoms with Gasteiger partial charge in [0.25, 0.3) is 5.91 Å². The summed E-state index contributed by atoms with van der Waals surface area (Å²) in [6.07, 6.45) is 1.82. The summed E-state index contributed by atoms with van der Waals surface area (Å²) in [5.41, 5.74) is -0.603. The van der Waals surface area contributed by atoms with Gasteiger partial charge in [-0.15, -0.1) is 0 Å². The van der Waals surface area contributed by atoms with Gasteiger partial charge in [-0.2, -0.15) is 0 Å². The van der Waals surface area contributed by atoms with Crippen molar-refractivity contribution < 1.29 is 14.3 Å². The first-order chi connectivity index (χ1) is 10.6. The minimum atomic E-state index is -0.603. The summed E-state index contributed by atoms with van der Waals surface area (Å²) >= 11 is 0. The molecule has 0 bridgehead atoms. The first-order valence-electron chi connectivity index (χ1n) is 8.46. The van der Waals surface area contributed by atoms with Crippen LogP contribution in [-0.2, 0) is 14.3 Å². The van der Waals surface area contributed by atoms with Gasteiger partial charge in [0, 0.05) is 39.8 Å². The lowest BCUT2D eigenvalue weighted by Crippen LogP contribution is -2.59. The number of nitrogens with one attached hydrogen (secondary N) is 1. The molecule has 0 saturated carbocycles. The van der Waals surface area contributed by atoms with Crippen molar-refractivity contribution in [1.82, 2.24) is 15.1 Å². The molecule has 6 nitrogen and oxygen atoms in total. The first-order valence-corrected chi connectivity index (χ1v) is 8.46. The van der Waals surface area contributed by atoms with E-state index >= 15 is 0 Å². The minimum Gasteiger partial charge on any atom is -0.377 e. The molecule has 2 heterocycles. The molecule has 1 amide bonds. The third kappa shape index (κ3) is 4.41. The fourth-order valence-electron chi connectivity index (χ4n) is 3.22. The van der Waals surface area contributed by atoms with E-state index in [0.717, 1.165) is 65.3 Å². The number of amides is 1. The molecular weight excluding hydrogens is 282 g/mol. The third-order valence-corrected chi connectivity index (χ3v) is 4.71. The van der Waals surface area contributed by atoms with Crippen molar-refractivity contribution in [3.05, 3.63) is 0 Å². The van der Waals surface area contributed by atoms with Crippen LogP contribution in [-0.4, -0.2) is 86.9 Å². The number of carbonyl (C=O) groups excluding carboxylic acids is 1. The Morgan fingerprint density at radius 3 is 2.36 bits per heavy atom. The molecule has 2 fully saturated rings. The van der Waals surface area contributed by atoms with Gasteiger partial charge in [-0.3, -0.25) is 9.69 Å². The van der Waals surface area contributed by atoms with Gasteiger partial charge >= 0.3 is 0 Å². The van der Waals surface area contributed by atoms with Crippen LogP contribution in [0.2, 0.25) is 0 Å². The van der Waals surface area contributed by atoms with Crippen molar-refractivity contribution in [2.45, 2.75) is 38.4 Å². The fourth-order valence-corrected chi connectivity index (χ4v) is 3.22. The zero-order valence-corrected chi connectivity index (χ0v) is 14.3. The van der Waals surface area contributed by atoms with Crippen molar-refractivity contribution in [2.75, 3.05) is 59.5 Å². The largest absolute Gasteiger partial charge is 0.377 e. The maximum absolute atomic E-state index is 12.8. The SMILES string of the molecule is COC1(C(=O)N2CCN(CCOC(C)C)CC2)CCNCC1. The van der Waals surface area contributed by atoms with Crippen LogP contribution < -0.4 is 5.32 Å². The van der Waals surface area contributed by atoms with E-state index in [2.05, 4.69) is 24.1 Å². The van der Waals surface area contributed by atoms with Gasteiger partial charge < -0.3 is 19.7 Å². The van der Waals surface area contributed by atoms with Crippen LogP contribution in [0.25, 0.3) is 0 Å². The minimum absolute atomic E-state index is 0.176. The second-order valence-electron chi connectivity index (χ2n) is 6.50. The topological polar surface area (TPSA) is 54.0 Å². The molecule has 128 valence electrons. The Hall–Kier alpha value is -0.690. The average molecular weight is 313 g/mol. The molecule has 2 saturated heterocycles. The molecule has 0 aromatic rings. The monoisotopic (exact) mass is 313 g/mol. The molecule has 0 aliphatic carbocycles. The number of nitrogens with zero attached hydrogens (tertiary/aromatic N) is 2. The molecular formula is C16H31N3O3. The van der Waals surface area contributed by atoms with Gasteiger partial charge in [-0.25, -0.2) is 0 Å². The highest BCUT2D eigenvalue weighted by Gasteiger charge is 2.42. The van der Waals surface area contributed by atoms with Crippen LogP contribution >= 0.6 is 0 Å². The van der Waals surface area contributed by atoms with Crippen LogP contribution in [0.4, 0.5) is 0 Å². The van der Waals surface area contributed by atoms with E-state index in [-0.39, 0.29) is 12.0 Å². The lowest BCUT2D eigenvalue weighted by molar-refractivity contribution is -0.160. The van der Waals surface area contributed by atoms with Crippen LogP contribution in [0.5, 0.6) is 0 Å². The molecule has 0 aromatic heterocycles. The molecule has 0 radical (unpaired) electrons. The van der Waals surface area contributed by atoms with Gasteiger partial charge in [0.05, 0.1) is 12.7 Å². The maximum atomic E-state index is 12.8. The quantitative estimate of drug-likeness (QED) is 0.766. The number of piperazine rings is 1. The first kappa shape index (κ1) is 17.7. The van der Waals surface area contributed by atoms with Gasteiger partial charge in [-0.05, 0) is 39.8 Å². The molecule has 0 aromatic carbocycles. The predicted octanol–water partition coefficient (Wildman–Crippen LogP) is 0.324. The summed E-state index contributed by atoms with van der Waals surface area (Å²) in [4.78, 5) is 17.2. The predicted molar refractivity (Wildman–Crippen MR) is 86.0 cm³/mol. The number of methoxy groups -OCH3 is 1. The number of hydrogen-bond acceptors (Lipinski definition) is 5. The Balaban J connectivity index is 1.79. The smallest absolute Gasteiger partial charge is 0.254 e. The van der Waals surface area contributed by atoms with E-state index in [9.17, 15) is 4.79 Å². The van der Waals surface area contributed by atoms with E-state index in [4.69, 9.17) is 9.47 Å². The van der Waals surface area contributed by atoms with Crippen molar-refractivity contribution in [3.63, 3.8) is 0 Å². The molecule has 0 atom stereocenters. The fraction of sp³-hybridized carbons (Fsp3) is 0.938. The van der Waals surface area contributed by atoms with Crippen molar-refractivity contribution in [3.8, 4) is 0 Å². The second kappa shape index (κ2) is 8.24. The number of hydrogen-bond donors (Lipinski definition) is 1. The standard InChI is InChI=1S/C16H31N3O3/c1-14(2)22-13-12-18-8-10-19(11-9-18)15(20)16(21-3)4-6-17-7-5-16/h14,17H,4-13H2,1-3H3. The van der Waals surface area contributed by atoms with Gasteiger partial charge in [0.2, 0.25) is 0 Å². The number of ether oxygens (including phenoxy) is 2.